The molecule has 1 aliphatic heterocycles. The number of imide groups is 1. The Morgan fingerprint density at radius 2 is 1.48 bits per heavy atom. The lowest BCUT2D eigenvalue weighted by atomic mass is 9.94. The molecule has 5 aromatic rings. The van der Waals surface area contributed by atoms with Gasteiger partial charge in [-0.05, 0) is 104 Å². The number of hydrogen-bond acceptors (Lipinski definition) is 12. The molecule has 66 heavy (non-hydrogen) atoms. The van der Waals surface area contributed by atoms with Gasteiger partial charge in [0.15, 0.2) is 5.78 Å². The topological polar surface area (TPSA) is 200 Å². The predicted octanol–water partition coefficient (Wildman–Crippen LogP) is 8.22. The lowest BCUT2D eigenvalue weighted by Crippen LogP contribution is -2.48. The predicted molar refractivity (Wildman–Crippen MR) is 250 cm³/mol. The Kier molecular flexibility index (Phi) is 14.8. The van der Waals surface area contributed by atoms with Crippen molar-refractivity contribution >= 4 is 46.4 Å². The van der Waals surface area contributed by atoms with Gasteiger partial charge in [0.1, 0.15) is 23.1 Å². The van der Waals surface area contributed by atoms with Gasteiger partial charge in [0.25, 0.3) is 11.8 Å². The highest BCUT2D eigenvalue weighted by Crippen LogP contribution is 2.34. The third kappa shape index (κ3) is 11.4. The quantitative estimate of drug-likeness (QED) is 0.0277. The highest BCUT2D eigenvalue weighted by Gasteiger charge is 2.44. The van der Waals surface area contributed by atoms with Gasteiger partial charge < -0.3 is 30.0 Å². The number of nitrogens with two attached hydrogens (primary N) is 1. The van der Waals surface area contributed by atoms with E-state index >= 15 is 0 Å². The summed E-state index contributed by atoms with van der Waals surface area (Å²) in [6.45, 7) is 6.69. The smallest absolute Gasteiger partial charge is 0.306 e. The highest BCUT2D eigenvalue weighted by molar-refractivity contribution is 6.30. The third-order valence-electron chi connectivity index (χ3n) is 11.0. The summed E-state index contributed by atoms with van der Waals surface area (Å²) in [6.07, 6.45) is 7.22. The summed E-state index contributed by atoms with van der Waals surface area (Å²) in [5.74, 6) is -1.75. The number of rotatable bonds is 21. The zero-order valence-corrected chi connectivity index (χ0v) is 37.3. The number of ketones is 1. The van der Waals surface area contributed by atoms with Crippen LogP contribution in [0.15, 0.2) is 116 Å². The monoisotopic (exact) mass is 891 g/mol. The summed E-state index contributed by atoms with van der Waals surface area (Å²) in [6, 6.07) is 28.7. The van der Waals surface area contributed by atoms with E-state index in [0.29, 0.717) is 56.8 Å². The van der Waals surface area contributed by atoms with E-state index in [1.165, 1.54) is 6.07 Å². The van der Waals surface area contributed by atoms with Gasteiger partial charge in [-0.15, -0.1) is 0 Å². The molecule has 2 aliphatic rings. The van der Waals surface area contributed by atoms with Crippen LogP contribution in [0.2, 0.25) is 0 Å². The fourth-order valence-corrected chi connectivity index (χ4v) is 7.77. The van der Waals surface area contributed by atoms with Gasteiger partial charge in [-0.3, -0.25) is 39.3 Å². The molecule has 3 amide bonds. The van der Waals surface area contributed by atoms with E-state index in [9.17, 15) is 24.0 Å². The first-order chi connectivity index (χ1) is 31.8. The van der Waals surface area contributed by atoms with Gasteiger partial charge in [0, 0.05) is 79.9 Å². The standard InChI is InChI=1S/C52H53N5O9/c1-52(2,3)66-46(59)22-20-43(49(54)60)57-50(61)41-7-4-8-45(47(41)51(57)62)65-30-6-28-63-27-5-29-64-39-17-11-34(12-18-39)33-9-15-38(16-10-33)56-32-42(48(53)35-23-25-55-26-24-35)37-13-19-40-36(31-37)14-21-44(40)58/h4,7-13,15-19,23-26,31-32,43,53,56H,5-6,14,20-22,27-30H2,1-3H3,(H2,54,60)/b42-32-,53-48?. The first kappa shape index (κ1) is 46.5. The molecule has 0 fully saturated rings. The molecule has 4 N–H and O–H groups in total. The lowest BCUT2D eigenvalue weighted by Gasteiger charge is -2.24. The Labute approximate surface area is 383 Å². The largest absolute Gasteiger partial charge is 0.494 e. The fourth-order valence-electron chi connectivity index (χ4n) is 7.77. The van der Waals surface area contributed by atoms with Gasteiger partial charge in [-0.1, -0.05) is 48.5 Å². The molecule has 1 atom stereocenters. The molecule has 0 bridgehead atoms. The molecule has 0 saturated heterocycles. The Bertz CT molecular complexity index is 2640. The van der Waals surface area contributed by atoms with E-state index in [2.05, 4.69) is 10.3 Å². The van der Waals surface area contributed by atoms with Crippen LogP contribution in [-0.2, 0) is 25.5 Å². The minimum atomic E-state index is -1.33. The lowest BCUT2D eigenvalue weighted by molar-refractivity contribution is -0.155. The number of pyridine rings is 1. The SMILES string of the molecule is CC(C)(C)OC(=O)CCC(C(N)=O)N1C(=O)c2cccc(OCCCOCCCOc3ccc(-c4ccc(N/C=C(\C(=N)c5ccncc5)c5ccc6c(c5)CCC6=O)cc4)cc3)c2C1=O. The van der Waals surface area contributed by atoms with Crippen molar-refractivity contribution in [1.82, 2.24) is 9.88 Å². The Balaban J connectivity index is 0.833. The second-order valence-corrected chi connectivity index (χ2v) is 16.9. The van der Waals surface area contributed by atoms with Crippen LogP contribution in [0.25, 0.3) is 16.7 Å². The normalized spacial score (nSPS) is 13.8. The minimum Gasteiger partial charge on any atom is -0.494 e. The molecule has 0 spiro atoms. The van der Waals surface area contributed by atoms with Crippen LogP contribution in [0.4, 0.5) is 5.69 Å². The van der Waals surface area contributed by atoms with Crippen molar-refractivity contribution in [3.05, 3.63) is 149 Å². The van der Waals surface area contributed by atoms with E-state index in [0.717, 1.165) is 49.7 Å². The van der Waals surface area contributed by atoms with Crippen LogP contribution in [0, 0.1) is 5.41 Å². The van der Waals surface area contributed by atoms with Crippen LogP contribution in [-0.4, -0.2) is 83.1 Å². The van der Waals surface area contributed by atoms with Crippen LogP contribution in [0.5, 0.6) is 11.5 Å². The van der Waals surface area contributed by atoms with Crippen molar-refractivity contribution in [1.29, 1.82) is 5.41 Å². The van der Waals surface area contributed by atoms with Gasteiger partial charge in [0.05, 0.1) is 30.1 Å². The number of ether oxygens (including phenoxy) is 4. The van der Waals surface area contributed by atoms with Crippen molar-refractivity contribution in [3.8, 4) is 22.6 Å². The van der Waals surface area contributed by atoms with Crippen molar-refractivity contribution in [2.24, 2.45) is 5.73 Å². The van der Waals surface area contributed by atoms with E-state index in [-0.39, 0.29) is 42.1 Å². The molecular formula is C52H53N5O9. The summed E-state index contributed by atoms with van der Waals surface area (Å²) in [7, 11) is 0. The molecule has 1 aromatic heterocycles. The number of hydrogen-bond donors (Lipinski definition) is 3. The summed E-state index contributed by atoms with van der Waals surface area (Å²) in [5, 5.41) is 12.4. The number of aryl methyl sites for hydroxylation is 1. The zero-order chi connectivity index (χ0) is 46.8. The van der Waals surface area contributed by atoms with Crippen molar-refractivity contribution in [2.75, 3.05) is 31.7 Å². The molecule has 0 radical (unpaired) electrons. The summed E-state index contributed by atoms with van der Waals surface area (Å²) >= 11 is 0. The maximum Gasteiger partial charge on any atom is 0.306 e. The van der Waals surface area contributed by atoms with Gasteiger partial charge >= 0.3 is 5.97 Å². The van der Waals surface area contributed by atoms with Gasteiger partial charge in [-0.2, -0.15) is 0 Å². The molecule has 14 heteroatoms. The first-order valence-electron chi connectivity index (χ1n) is 22.0. The maximum atomic E-state index is 13.5. The summed E-state index contributed by atoms with van der Waals surface area (Å²) < 4.78 is 22.9. The molecular weight excluding hydrogens is 839 g/mol. The molecule has 4 aromatic carbocycles. The van der Waals surface area contributed by atoms with Gasteiger partial charge in [0.2, 0.25) is 5.91 Å². The second-order valence-electron chi connectivity index (χ2n) is 16.9. The number of amides is 3. The van der Waals surface area contributed by atoms with Crippen molar-refractivity contribution in [3.63, 3.8) is 0 Å². The van der Waals surface area contributed by atoms with Crippen molar-refractivity contribution < 1.29 is 42.9 Å². The summed E-state index contributed by atoms with van der Waals surface area (Å²) in [4.78, 5) is 68.6. The van der Waals surface area contributed by atoms with Crippen LogP contribution in [0.1, 0.15) is 101 Å². The number of carbonyl (C=O) groups is 5. The number of nitrogens with zero attached hydrogens (tertiary/aromatic N) is 2. The van der Waals surface area contributed by atoms with Crippen LogP contribution in [0.3, 0.4) is 0 Å². The average Bonchev–Trinajstić information content (AvgIpc) is 3.80. The number of anilines is 1. The van der Waals surface area contributed by atoms with Crippen LogP contribution >= 0.6 is 0 Å². The van der Waals surface area contributed by atoms with E-state index in [1.54, 1.807) is 45.3 Å². The molecule has 1 aliphatic carbocycles. The second kappa shape index (κ2) is 21.0. The molecule has 340 valence electrons. The van der Waals surface area contributed by atoms with E-state index < -0.39 is 35.3 Å². The minimum absolute atomic E-state index is 0.0507. The average molecular weight is 892 g/mol. The Hall–Kier alpha value is -7.45. The van der Waals surface area contributed by atoms with Crippen LogP contribution < -0.4 is 20.5 Å². The van der Waals surface area contributed by atoms with E-state index in [4.69, 9.17) is 30.1 Å². The Morgan fingerprint density at radius 3 is 2.17 bits per heavy atom. The highest BCUT2D eigenvalue weighted by atomic mass is 16.6. The van der Waals surface area contributed by atoms with Crippen molar-refractivity contribution in [2.45, 2.75) is 70.9 Å². The third-order valence-corrected chi connectivity index (χ3v) is 11.0. The number of carbonyl (C=O) groups excluding carboxylic acids is 5. The summed E-state index contributed by atoms with van der Waals surface area (Å²) in [5.41, 5.74) is 12.4. The number of Topliss-reactive ketones (excluding diaryl/α,β-unsaturated/α-hetero) is 1. The first-order valence-corrected chi connectivity index (χ1v) is 22.0. The molecule has 7 rings (SSSR count). The van der Waals surface area contributed by atoms with Gasteiger partial charge in [-0.25, -0.2) is 0 Å². The number of allylic oxidation sites excluding steroid dienone is 1. The number of primary amides is 1. The van der Waals surface area contributed by atoms with E-state index in [1.807, 2.05) is 85.1 Å². The number of aromatic nitrogens is 1. The molecule has 2 heterocycles. The fraction of sp³-hybridized carbons (Fsp3) is 0.288. The number of nitrogens with one attached hydrogen (secondary N) is 2. The number of fused-ring (bicyclic) bond motifs is 2. The number of esters is 1. The zero-order valence-electron chi connectivity index (χ0n) is 37.3. The molecule has 14 nitrogen and oxygen atoms in total. The molecule has 0 saturated carbocycles. The molecule has 1 unspecified atom stereocenters. The maximum absolute atomic E-state index is 13.5. The number of benzene rings is 4. The Morgan fingerprint density at radius 1 is 0.803 bits per heavy atom.